The summed E-state index contributed by atoms with van der Waals surface area (Å²) in [6.07, 6.45) is 2.14. The van der Waals surface area contributed by atoms with Crippen molar-refractivity contribution in [2.45, 2.75) is 51.4 Å². The minimum Gasteiger partial charge on any atom is -0.481 e. The summed E-state index contributed by atoms with van der Waals surface area (Å²) < 4.78 is 2.00. The van der Waals surface area contributed by atoms with E-state index in [2.05, 4.69) is 36.0 Å². The fraction of sp³-hybridized carbons (Fsp3) is 0.769. The van der Waals surface area contributed by atoms with E-state index < -0.39 is 5.97 Å². The van der Waals surface area contributed by atoms with Crippen molar-refractivity contribution in [3.63, 3.8) is 0 Å². The Labute approximate surface area is 124 Å². The van der Waals surface area contributed by atoms with Crippen molar-refractivity contribution >= 4 is 17.7 Å². The Morgan fingerprint density at radius 1 is 1.40 bits per heavy atom. The van der Waals surface area contributed by atoms with Gasteiger partial charge < -0.3 is 14.6 Å². The SMILES string of the molecule is Cc1nnc(SCC(=O)O)n1CCCCN(C)C(C)C. The van der Waals surface area contributed by atoms with E-state index >= 15 is 0 Å². The molecule has 0 aliphatic heterocycles. The minimum atomic E-state index is -0.833. The van der Waals surface area contributed by atoms with Crippen LogP contribution in [-0.2, 0) is 11.3 Å². The molecule has 0 unspecified atom stereocenters. The first-order valence-corrected chi connectivity index (χ1v) is 7.85. The van der Waals surface area contributed by atoms with Crippen LogP contribution in [0.5, 0.6) is 0 Å². The van der Waals surface area contributed by atoms with Crippen LogP contribution in [0.1, 0.15) is 32.5 Å². The van der Waals surface area contributed by atoms with Gasteiger partial charge in [0.2, 0.25) is 0 Å². The molecule has 1 N–H and O–H groups in total. The zero-order chi connectivity index (χ0) is 15.1. The highest BCUT2D eigenvalue weighted by Crippen LogP contribution is 2.17. The van der Waals surface area contributed by atoms with Crippen molar-refractivity contribution in [1.29, 1.82) is 0 Å². The molecule has 1 rings (SSSR count). The van der Waals surface area contributed by atoms with E-state index in [4.69, 9.17) is 5.11 Å². The van der Waals surface area contributed by atoms with Gasteiger partial charge in [-0.1, -0.05) is 11.8 Å². The van der Waals surface area contributed by atoms with E-state index in [1.165, 1.54) is 11.8 Å². The summed E-state index contributed by atoms with van der Waals surface area (Å²) >= 11 is 1.22. The first-order valence-electron chi connectivity index (χ1n) is 6.86. The van der Waals surface area contributed by atoms with Gasteiger partial charge in [0.1, 0.15) is 5.82 Å². The van der Waals surface area contributed by atoms with Gasteiger partial charge in [0.05, 0.1) is 5.75 Å². The number of unbranched alkanes of at least 4 members (excludes halogenated alkanes) is 1. The summed E-state index contributed by atoms with van der Waals surface area (Å²) in [5, 5.41) is 17.5. The molecule has 0 saturated carbocycles. The summed E-state index contributed by atoms with van der Waals surface area (Å²) in [5.74, 6) is 0.0321. The molecule has 0 aliphatic rings. The molecule has 1 aromatic heterocycles. The second-order valence-corrected chi connectivity index (χ2v) is 6.09. The van der Waals surface area contributed by atoms with Crippen LogP contribution in [0.15, 0.2) is 5.16 Å². The third-order valence-electron chi connectivity index (χ3n) is 3.25. The summed E-state index contributed by atoms with van der Waals surface area (Å²) in [6.45, 7) is 8.18. The number of aliphatic carboxylic acids is 1. The first kappa shape index (κ1) is 17.0. The van der Waals surface area contributed by atoms with Crippen molar-refractivity contribution in [2.24, 2.45) is 0 Å². The predicted octanol–water partition coefficient (Wildman–Crippen LogP) is 1.88. The summed E-state index contributed by atoms with van der Waals surface area (Å²) in [4.78, 5) is 12.9. The molecule has 1 heterocycles. The number of hydrogen-bond acceptors (Lipinski definition) is 5. The van der Waals surface area contributed by atoms with Gasteiger partial charge in [0.25, 0.3) is 0 Å². The molecule has 7 heteroatoms. The van der Waals surface area contributed by atoms with Crippen LogP contribution >= 0.6 is 11.8 Å². The van der Waals surface area contributed by atoms with Crippen LogP contribution in [0.4, 0.5) is 0 Å². The zero-order valence-corrected chi connectivity index (χ0v) is 13.5. The maximum absolute atomic E-state index is 10.6. The van der Waals surface area contributed by atoms with Gasteiger partial charge in [-0.15, -0.1) is 10.2 Å². The van der Waals surface area contributed by atoms with Gasteiger partial charge >= 0.3 is 5.97 Å². The second kappa shape index (κ2) is 8.26. The third kappa shape index (κ3) is 5.50. The average Bonchev–Trinajstić information content (AvgIpc) is 2.72. The number of aromatic nitrogens is 3. The molecule has 0 bridgehead atoms. The molecule has 114 valence electrons. The Hall–Kier alpha value is -1.08. The summed E-state index contributed by atoms with van der Waals surface area (Å²) in [7, 11) is 2.13. The number of carbonyl (C=O) groups is 1. The Kier molecular flexibility index (Phi) is 7.01. The van der Waals surface area contributed by atoms with Crippen molar-refractivity contribution < 1.29 is 9.90 Å². The lowest BCUT2D eigenvalue weighted by Crippen LogP contribution is -2.27. The van der Waals surface area contributed by atoms with Crippen LogP contribution in [-0.4, -0.2) is 56.1 Å². The Morgan fingerprint density at radius 3 is 2.70 bits per heavy atom. The van der Waals surface area contributed by atoms with Crippen LogP contribution in [0.2, 0.25) is 0 Å². The van der Waals surface area contributed by atoms with Crippen molar-refractivity contribution in [2.75, 3.05) is 19.3 Å². The first-order chi connectivity index (χ1) is 9.41. The predicted molar refractivity (Wildman–Crippen MR) is 80.1 cm³/mol. The maximum Gasteiger partial charge on any atom is 0.313 e. The highest BCUT2D eigenvalue weighted by molar-refractivity contribution is 7.99. The van der Waals surface area contributed by atoms with E-state index in [0.717, 1.165) is 31.8 Å². The fourth-order valence-electron chi connectivity index (χ4n) is 1.74. The topological polar surface area (TPSA) is 71.2 Å². The third-order valence-corrected chi connectivity index (χ3v) is 4.20. The molecule has 0 aliphatic carbocycles. The van der Waals surface area contributed by atoms with E-state index in [9.17, 15) is 4.79 Å². The van der Waals surface area contributed by atoms with Gasteiger partial charge in [-0.05, 0) is 47.2 Å². The standard InChI is InChI=1S/C13H24N4O2S/c1-10(2)16(4)7-5-6-8-17-11(3)14-15-13(17)20-9-12(18)19/h10H,5-9H2,1-4H3,(H,18,19). The monoisotopic (exact) mass is 300 g/mol. The Morgan fingerprint density at radius 2 is 2.10 bits per heavy atom. The quantitative estimate of drug-likeness (QED) is 0.554. The van der Waals surface area contributed by atoms with Gasteiger partial charge in [-0.3, -0.25) is 4.79 Å². The molecule has 0 aromatic carbocycles. The van der Waals surface area contributed by atoms with Crippen molar-refractivity contribution in [3.05, 3.63) is 5.82 Å². The highest BCUT2D eigenvalue weighted by Gasteiger charge is 2.11. The number of aryl methyl sites for hydroxylation is 1. The van der Waals surface area contributed by atoms with Crippen LogP contribution < -0.4 is 0 Å². The Bertz CT molecular complexity index is 434. The van der Waals surface area contributed by atoms with E-state index in [0.29, 0.717) is 11.2 Å². The number of carboxylic acid groups (broad SMARTS) is 1. The average molecular weight is 300 g/mol. The maximum atomic E-state index is 10.6. The number of carboxylic acids is 1. The highest BCUT2D eigenvalue weighted by atomic mass is 32.2. The summed E-state index contributed by atoms with van der Waals surface area (Å²) in [5.41, 5.74) is 0. The second-order valence-electron chi connectivity index (χ2n) is 5.15. The van der Waals surface area contributed by atoms with Crippen LogP contribution in [0.25, 0.3) is 0 Å². The molecule has 0 fully saturated rings. The smallest absolute Gasteiger partial charge is 0.313 e. The largest absolute Gasteiger partial charge is 0.481 e. The molecule has 0 spiro atoms. The van der Waals surface area contributed by atoms with Gasteiger partial charge in [-0.2, -0.15) is 0 Å². The lowest BCUT2D eigenvalue weighted by molar-refractivity contribution is -0.133. The van der Waals surface area contributed by atoms with Gasteiger partial charge in [-0.25, -0.2) is 0 Å². The fourth-order valence-corrected chi connectivity index (χ4v) is 2.47. The number of thioether (sulfide) groups is 1. The van der Waals surface area contributed by atoms with E-state index in [1.807, 2.05) is 11.5 Å². The van der Waals surface area contributed by atoms with Gasteiger partial charge in [0, 0.05) is 12.6 Å². The molecule has 1 aromatic rings. The van der Waals surface area contributed by atoms with Crippen molar-refractivity contribution in [3.8, 4) is 0 Å². The lowest BCUT2D eigenvalue weighted by atomic mass is 10.2. The molecule has 20 heavy (non-hydrogen) atoms. The zero-order valence-electron chi connectivity index (χ0n) is 12.7. The number of rotatable bonds is 9. The van der Waals surface area contributed by atoms with E-state index in [1.54, 1.807) is 0 Å². The Balaban J connectivity index is 2.43. The molecular weight excluding hydrogens is 276 g/mol. The molecule has 6 nitrogen and oxygen atoms in total. The lowest BCUT2D eigenvalue weighted by Gasteiger charge is -2.20. The van der Waals surface area contributed by atoms with Gasteiger partial charge in [0.15, 0.2) is 5.16 Å². The number of nitrogens with zero attached hydrogens (tertiary/aromatic N) is 4. The van der Waals surface area contributed by atoms with Crippen molar-refractivity contribution in [1.82, 2.24) is 19.7 Å². The number of hydrogen-bond donors (Lipinski definition) is 1. The van der Waals surface area contributed by atoms with E-state index in [-0.39, 0.29) is 5.75 Å². The minimum absolute atomic E-state index is 0.0220. The molecule has 0 atom stereocenters. The molecule has 0 amide bonds. The molecular formula is C13H24N4O2S. The van der Waals surface area contributed by atoms with Crippen LogP contribution in [0, 0.1) is 6.92 Å². The molecule has 0 saturated heterocycles. The normalized spacial score (nSPS) is 11.5. The van der Waals surface area contributed by atoms with Crippen LogP contribution in [0.3, 0.4) is 0 Å². The summed E-state index contributed by atoms with van der Waals surface area (Å²) in [6, 6.07) is 0.563. The molecule has 0 radical (unpaired) electrons.